The smallest absolute Gasteiger partial charge is 0.0412 e. The maximum Gasteiger partial charge on any atom is 0.0412 e. The van der Waals surface area contributed by atoms with Crippen LogP contribution in [-0.2, 0) is 0 Å². The Balaban J connectivity index is 2.04. The highest BCUT2D eigenvalue weighted by Gasteiger charge is 2.11. The molecule has 112 valence electrons. The first-order chi connectivity index (χ1) is 10.1. The standard InChI is InChI=1S/C18H22BrNS/c1-13(2)14-8-10-15(11-9-14)17(20-3)12-21-18-7-5-4-6-16(18)19/h4-11,13,17,20H,12H2,1-3H3. The fourth-order valence-corrected chi connectivity index (χ4v) is 3.91. The lowest BCUT2D eigenvalue weighted by molar-refractivity contribution is 0.661. The molecule has 0 spiro atoms. The molecule has 0 aliphatic carbocycles. The van der Waals surface area contributed by atoms with Crippen molar-refractivity contribution in [2.75, 3.05) is 12.8 Å². The van der Waals surface area contributed by atoms with Crippen molar-refractivity contribution >= 4 is 27.7 Å². The van der Waals surface area contributed by atoms with Crippen molar-refractivity contribution in [3.05, 3.63) is 64.1 Å². The molecule has 0 saturated heterocycles. The number of thioether (sulfide) groups is 1. The van der Waals surface area contributed by atoms with E-state index >= 15 is 0 Å². The van der Waals surface area contributed by atoms with Gasteiger partial charge in [0, 0.05) is 21.2 Å². The van der Waals surface area contributed by atoms with Crippen molar-refractivity contribution in [2.24, 2.45) is 0 Å². The van der Waals surface area contributed by atoms with E-state index in [9.17, 15) is 0 Å². The fraction of sp³-hybridized carbons (Fsp3) is 0.333. The van der Waals surface area contributed by atoms with Crippen molar-refractivity contribution in [1.82, 2.24) is 5.32 Å². The molecule has 0 radical (unpaired) electrons. The number of halogens is 1. The highest BCUT2D eigenvalue weighted by molar-refractivity contribution is 9.10. The summed E-state index contributed by atoms with van der Waals surface area (Å²) < 4.78 is 1.17. The highest BCUT2D eigenvalue weighted by Crippen LogP contribution is 2.30. The molecule has 2 aromatic rings. The Hall–Kier alpha value is -0.770. The predicted octanol–water partition coefficient (Wildman–Crippen LogP) is 5.63. The third-order valence-corrected chi connectivity index (χ3v) is 5.72. The van der Waals surface area contributed by atoms with Gasteiger partial charge in [0.1, 0.15) is 0 Å². The van der Waals surface area contributed by atoms with Gasteiger partial charge in [-0.1, -0.05) is 50.2 Å². The number of rotatable bonds is 6. The van der Waals surface area contributed by atoms with Crippen LogP contribution in [0.4, 0.5) is 0 Å². The van der Waals surface area contributed by atoms with Crippen molar-refractivity contribution in [2.45, 2.75) is 30.7 Å². The Morgan fingerprint density at radius 3 is 2.19 bits per heavy atom. The summed E-state index contributed by atoms with van der Waals surface area (Å²) in [5, 5.41) is 3.42. The molecule has 1 atom stereocenters. The second-order valence-corrected chi connectivity index (χ2v) is 7.32. The molecule has 1 unspecified atom stereocenters. The first kappa shape index (κ1) is 16.6. The topological polar surface area (TPSA) is 12.0 Å². The van der Waals surface area contributed by atoms with Gasteiger partial charge in [-0.3, -0.25) is 0 Å². The summed E-state index contributed by atoms with van der Waals surface area (Å²) in [5.41, 5.74) is 2.74. The van der Waals surface area contributed by atoms with Crippen LogP contribution in [0.1, 0.15) is 36.9 Å². The molecule has 0 aliphatic heterocycles. The number of nitrogens with one attached hydrogen (secondary N) is 1. The summed E-state index contributed by atoms with van der Waals surface area (Å²) in [7, 11) is 2.03. The van der Waals surface area contributed by atoms with Gasteiger partial charge in [-0.25, -0.2) is 0 Å². The molecule has 3 heteroatoms. The molecule has 0 heterocycles. The molecule has 0 bridgehead atoms. The van der Waals surface area contributed by atoms with Gasteiger partial charge < -0.3 is 5.32 Å². The van der Waals surface area contributed by atoms with Crippen LogP contribution in [0.15, 0.2) is 57.9 Å². The summed E-state index contributed by atoms with van der Waals surface area (Å²) in [5.74, 6) is 1.60. The van der Waals surface area contributed by atoms with E-state index < -0.39 is 0 Å². The number of benzene rings is 2. The third-order valence-electron chi connectivity index (χ3n) is 3.60. The van der Waals surface area contributed by atoms with E-state index in [4.69, 9.17) is 0 Å². The predicted molar refractivity (Wildman–Crippen MR) is 97.2 cm³/mol. The van der Waals surface area contributed by atoms with Crippen molar-refractivity contribution < 1.29 is 0 Å². The molecule has 1 nitrogen and oxygen atoms in total. The second kappa shape index (κ2) is 8.02. The van der Waals surface area contributed by atoms with Gasteiger partial charge in [0.15, 0.2) is 0 Å². The maximum absolute atomic E-state index is 3.61. The molecule has 0 fully saturated rings. The van der Waals surface area contributed by atoms with Crippen LogP contribution in [0.3, 0.4) is 0 Å². The van der Waals surface area contributed by atoms with E-state index in [1.54, 1.807) is 0 Å². The monoisotopic (exact) mass is 363 g/mol. The third kappa shape index (κ3) is 4.60. The first-order valence-corrected chi connectivity index (χ1v) is 9.04. The SMILES string of the molecule is CNC(CSc1ccccc1Br)c1ccc(C(C)C)cc1. The van der Waals surface area contributed by atoms with Crippen LogP contribution < -0.4 is 5.32 Å². The van der Waals surface area contributed by atoms with E-state index in [0.717, 1.165) is 5.75 Å². The summed E-state index contributed by atoms with van der Waals surface area (Å²) in [6.45, 7) is 4.46. The molecule has 0 aliphatic rings. The lowest BCUT2D eigenvalue weighted by atomic mass is 10.00. The van der Waals surface area contributed by atoms with Gasteiger partial charge in [0.25, 0.3) is 0 Å². The normalized spacial score (nSPS) is 12.6. The Morgan fingerprint density at radius 2 is 1.62 bits per heavy atom. The largest absolute Gasteiger partial charge is 0.312 e. The average molecular weight is 364 g/mol. The van der Waals surface area contributed by atoms with Crippen LogP contribution in [0.25, 0.3) is 0 Å². The molecule has 2 aromatic carbocycles. The zero-order valence-electron chi connectivity index (χ0n) is 12.8. The molecular weight excluding hydrogens is 342 g/mol. The summed E-state index contributed by atoms with van der Waals surface area (Å²) in [6, 6.07) is 17.7. The van der Waals surface area contributed by atoms with E-state index in [1.165, 1.54) is 20.5 Å². The lowest BCUT2D eigenvalue weighted by Crippen LogP contribution is -2.18. The molecule has 0 aromatic heterocycles. The molecule has 0 saturated carbocycles. The van der Waals surface area contributed by atoms with Gasteiger partial charge in [-0.2, -0.15) is 0 Å². The first-order valence-electron chi connectivity index (χ1n) is 7.26. The molecule has 0 amide bonds. The minimum Gasteiger partial charge on any atom is -0.312 e. The minimum atomic E-state index is 0.364. The fourth-order valence-electron chi connectivity index (χ4n) is 2.19. The van der Waals surface area contributed by atoms with Crippen LogP contribution in [-0.4, -0.2) is 12.8 Å². The highest BCUT2D eigenvalue weighted by atomic mass is 79.9. The van der Waals surface area contributed by atoms with Crippen LogP contribution in [0.2, 0.25) is 0 Å². The maximum atomic E-state index is 3.61. The van der Waals surface area contributed by atoms with Gasteiger partial charge in [0.05, 0.1) is 0 Å². The van der Waals surface area contributed by atoms with Crippen LogP contribution in [0, 0.1) is 0 Å². The molecular formula is C18H22BrNS. The lowest BCUT2D eigenvalue weighted by Gasteiger charge is -2.17. The summed E-state index contributed by atoms with van der Waals surface area (Å²) in [4.78, 5) is 1.29. The second-order valence-electron chi connectivity index (χ2n) is 5.40. The van der Waals surface area contributed by atoms with Gasteiger partial charge in [-0.15, -0.1) is 11.8 Å². The Morgan fingerprint density at radius 1 is 1.00 bits per heavy atom. The van der Waals surface area contributed by atoms with Gasteiger partial charge >= 0.3 is 0 Å². The van der Waals surface area contributed by atoms with E-state index in [0.29, 0.717) is 12.0 Å². The van der Waals surface area contributed by atoms with E-state index in [2.05, 4.69) is 77.6 Å². The Kier molecular flexibility index (Phi) is 6.34. The molecule has 2 rings (SSSR count). The van der Waals surface area contributed by atoms with Gasteiger partial charge in [-0.05, 0) is 52.2 Å². The van der Waals surface area contributed by atoms with Crippen molar-refractivity contribution in [1.29, 1.82) is 0 Å². The van der Waals surface area contributed by atoms with Crippen molar-refractivity contribution in [3.8, 4) is 0 Å². The molecule has 1 N–H and O–H groups in total. The average Bonchev–Trinajstić information content (AvgIpc) is 2.50. The van der Waals surface area contributed by atoms with E-state index in [1.807, 2.05) is 24.9 Å². The van der Waals surface area contributed by atoms with Gasteiger partial charge in [0.2, 0.25) is 0 Å². The quantitative estimate of drug-likeness (QED) is 0.667. The van der Waals surface area contributed by atoms with Crippen LogP contribution >= 0.6 is 27.7 Å². The minimum absolute atomic E-state index is 0.364. The number of hydrogen-bond donors (Lipinski definition) is 1. The summed E-state index contributed by atoms with van der Waals surface area (Å²) >= 11 is 5.48. The summed E-state index contributed by atoms with van der Waals surface area (Å²) in [6.07, 6.45) is 0. The van der Waals surface area contributed by atoms with Crippen molar-refractivity contribution in [3.63, 3.8) is 0 Å². The molecule has 21 heavy (non-hydrogen) atoms. The zero-order chi connectivity index (χ0) is 15.2. The Labute approximate surface area is 140 Å². The van der Waals surface area contributed by atoms with Crippen LogP contribution in [0.5, 0.6) is 0 Å². The van der Waals surface area contributed by atoms with E-state index in [-0.39, 0.29) is 0 Å². The zero-order valence-corrected chi connectivity index (χ0v) is 15.2. The number of hydrogen-bond acceptors (Lipinski definition) is 2. The Bertz CT molecular complexity index is 566.